The molecule has 4 heteroatoms. The third-order valence-electron chi connectivity index (χ3n) is 3.00. The first-order valence-corrected chi connectivity index (χ1v) is 6.73. The number of carbonyl (C=O) groups is 1. The van der Waals surface area contributed by atoms with E-state index in [9.17, 15) is 4.79 Å². The van der Waals surface area contributed by atoms with Gasteiger partial charge in [0.05, 0.1) is 6.61 Å². The van der Waals surface area contributed by atoms with Crippen LogP contribution in [0.5, 0.6) is 0 Å². The van der Waals surface area contributed by atoms with Crippen molar-refractivity contribution in [3.8, 4) is 11.3 Å². The number of furan rings is 1. The van der Waals surface area contributed by atoms with E-state index in [0.717, 1.165) is 17.1 Å². The highest BCUT2D eigenvalue weighted by molar-refractivity contribution is 5.76. The lowest BCUT2D eigenvalue weighted by Gasteiger charge is -2.09. The van der Waals surface area contributed by atoms with Crippen molar-refractivity contribution in [2.75, 3.05) is 6.61 Å². The minimum Gasteiger partial charge on any atom is -0.461 e. The van der Waals surface area contributed by atoms with Crippen molar-refractivity contribution in [1.29, 1.82) is 0 Å². The molecule has 1 unspecified atom stereocenters. The Hall–Kier alpha value is -2.07. The molecule has 2 rings (SSSR count). The van der Waals surface area contributed by atoms with E-state index in [2.05, 4.69) is 5.32 Å². The van der Waals surface area contributed by atoms with Gasteiger partial charge in [-0.2, -0.15) is 0 Å². The number of amides is 1. The molecule has 1 atom stereocenters. The molecule has 0 fully saturated rings. The molecular formula is C16H19NO3. The molecule has 0 bridgehead atoms. The molecule has 1 aromatic heterocycles. The Morgan fingerprint density at radius 3 is 2.70 bits per heavy atom. The van der Waals surface area contributed by atoms with Gasteiger partial charge in [-0.15, -0.1) is 0 Å². The van der Waals surface area contributed by atoms with Crippen molar-refractivity contribution in [2.24, 2.45) is 0 Å². The van der Waals surface area contributed by atoms with Crippen molar-refractivity contribution >= 4 is 5.91 Å². The first-order valence-electron chi connectivity index (χ1n) is 6.73. The largest absolute Gasteiger partial charge is 0.461 e. The Morgan fingerprint density at radius 2 is 2.00 bits per heavy atom. The van der Waals surface area contributed by atoms with Crippen LogP contribution < -0.4 is 5.32 Å². The van der Waals surface area contributed by atoms with Crippen LogP contribution in [-0.2, 0) is 11.2 Å². The number of rotatable bonds is 6. The molecule has 1 aromatic carbocycles. The van der Waals surface area contributed by atoms with Gasteiger partial charge in [0.2, 0.25) is 5.91 Å². The lowest BCUT2D eigenvalue weighted by Crippen LogP contribution is -2.35. The fraction of sp³-hybridized carbons (Fsp3) is 0.312. The van der Waals surface area contributed by atoms with Gasteiger partial charge in [0, 0.05) is 24.4 Å². The Labute approximate surface area is 118 Å². The maximum Gasteiger partial charge on any atom is 0.220 e. The van der Waals surface area contributed by atoms with Crippen LogP contribution in [0.3, 0.4) is 0 Å². The first kappa shape index (κ1) is 14.3. The number of aliphatic hydroxyl groups excluding tert-OH is 1. The summed E-state index contributed by atoms with van der Waals surface area (Å²) in [6.07, 6.45) is 0.906. The van der Waals surface area contributed by atoms with Crippen LogP contribution >= 0.6 is 0 Å². The van der Waals surface area contributed by atoms with Crippen molar-refractivity contribution in [3.63, 3.8) is 0 Å². The summed E-state index contributed by atoms with van der Waals surface area (Å²) in [5.74, 6) is 1.52. The minimum absolute atomic E-state index is 0.0509. The van der Waals surface area contributed by atoms with Crippen LogP contribution in [0.4, 0.5) is 0 Å². The van der Waals surface area contributed by atoms with Crippen molar-refractivity contribution < 1.29 is 14.3 Å². The third kappa shape index (κ3) is 3.96. The minimum atomic E-state index is -0.209. The average Bonchev–Trinajstić information content (AvgIpc) is 2.95. The zero-order valence-corrected chi connectivity index (χ0v) is 11.5. The van der Waals surface area contributed by atoms with Crippen LogP contribution in [0, 0.1) is 0 Å². The summed E-state index contributed by atoms with van der Waals surface area (Å²) in [6, 6.07) is 13.4. The SMILES string of the molecule is CC(CO)NC(=O)CCc1ccc(-c2ccccc2)o1. The number of carbonyl (C=O) groups excluding carboxylic acids is 1. The van der Waals surface area contributed by atoms with Crippen molar-refractivity contribution in [3.05, 3.63) is 48.2 Å². The molecule has 0 spiro atoms. The highest BCUT2D eigenvalue weighted by atomic mass is 16.3. The molecule has 0 saturated heterocycles. The maximum atomic E-state index is 11.6. The van der Waals surface area contributed by atoms with Crippen LogP contribution in [0.2, 0.25) is 0 Å². The van der Waals surface area contributed by atoms with Crippen LogP contribution in [0.1, 0.15) is 19.1 Å². The van der Waals surface area contributed by atoms with E-state index in [-0.39, 0.29) is 18.6 Å². The molecule has 1 heterocycles. The molecule has 2 aromatic rings. The summed E-state index contributed by atoms with van der Waals surface area (Å²) in [7, 11) is 0. The predicted octanol–water partition coefficient (Wildman–Crippen LogP) is 2.38. The molecular weight excluding hydrogens is 254 g/mol. The second-order valence-corrected chi connectivity index (χ2v) is 4.78. The highest BCUT2D eigenvalue weighted by Crippen LogP contribution is 2.22. The summed E-state index contributed by atoms with van der Waals surface area (Å²) in [6.45, 7) is 1.71. The number of nitrogens with one attached hydrogen (secondary N) is 1. The van der Waals surface area contributed by atoms with E-state index >= 15 is 0 Å². The smallest absolute Gasteiger partial charge is 0.220 e. The lowest BCUT2D eigenvalue weighted by molar-refractivity contribution is -0.122. The maximum absolute atomic E-state index is 11.6. The van der Waals surface area contributed by atoms with Crippen molar-refractivity contribution in [2.45, 2.75) is 25.8 Å². The Kier molecular flexibility index (Phi) is 4.96. The average molecular weight is 273 g/mol. The van der Waals surface area contributed by atoms with E-state index in [0.29, 0.717) is 12.8 Å². The second-order valence-electron chi connectivity index (χ2n) is 4.78. The van der Waals surface area contributed by atoms with Crippen LogP contribution in [0.25, 0.3) is 11.3 Å². The van der Waals surface area contributed by atoms with E-state index in [1.165, 1.54) is 0 Å². The van der Waals surface area contributed by atoms with E-state index in [1.54, 1.807) is 6.92 Å². The van der Waals surface area contributed by atoms with Crippen LogP contribution in [-0.4, -0.2) is 23.7 Å². The molecule has 0 aliphatic heterocycles. The molecule has 0 saturated carbocycles. The Balaban J connectivity index is 1.89. The molecule has 106 valence electrons. The number of hydrogen-bond acceptors (Lipinski definition) is 3. The van der Waals surface area contributed by atoms with E-state index < -0.39 is 0 Å². The van der Waals surface area contributed by atoms with Gasteiger partial charge in [0.15, 0.2) is 0 Å². The second kappa shape index (κ2) is 6.91. The number of hydrogen-bond donors (Lipinski definition) is 2. The third-order valence-corrected chi connectivity index (χ3v) is 3.00. The van der Waals surface area contributed by atoms with Gasteiger partial charge in [-0.05, 0) is 19.1 Å². The van der Waals surface area contributed by atoms with Gasteiger partial charge < -0.3 is 14.8 Å². The molecule has 0 aliphatic carbocycles. The number of aliphatic hydroxyl groups is 1. The standard InChI is InChI=1S/C16H19NO3/c1-12(11-18)17-16(19)10-8-14-7-9-15(20-14)13-5-3-2-4-6-13/h2-7,9,12,18H,8,10-11H2,1H3,(H,17,19). The van der Waals surface area contributed by atoms with Gasteiger partial charge in [0.1, 0.15) is 11.5 Å². The quantitative estimate of drug-likeness (QED) is 0.849. The van der Waals surface area contributed by atoms with Crippen molar-refractivity contribution in [1.82, 2.24) is 5.32 Å². The molecule has 0 aliphatic rings. The van der Waals surface area contributed by atoms with Gasteiger partial charge in [0.25, 0.3) is 0 Å². The fourth-order valence-electron chi connectivity index (χ4n) is 1.90. The van der Waals surface area contributed by atoms with Crippen LogP contribution in [0.15, 0.2) is 46.9 Å². The molecule has 1 amide bonds. The molecule has 2 N–H and O–H groups in total. The fourth-order valence-corrected chi connectivity index (χ4v) is 1.90. The number of aryl methyl sites for hydroxylation is 1. The predicted molar refractivity (Wildman–Crippen MR) is 77.2 cm³/mol. The monoisotopic (exact) mass is 273 g/mol. The van der Waals surface area contributed by atoms with Gasteiger partial charge in [-0.1, -0.05) is 30.3 Å². The summed E-state index contributed by atoms with van der Waals surface area (Å²) in [5, 5.41) is 11.6. The zero-order valence-electron chi connectivity index (χ0n) is 11.5. The molecule has 20 heavy (non-hydrogen) atoms. The van der Waals surface area contributed by atoms with Gasteiger partial charge in [-0.3, -0.25) is 4.79 Å². The first-order chi connectivity index (χ1) is 9.69. The Bertz CT molecular complexity index is 548. The van der Waals surface area contributed by atoms with Gasteiger partial charge in [-0.25, -0.2) is 0 Å². The lowest BCUT2D eigenvalue weighted by atomic mass is 10.2. The zero-order chi connectivity index (χ0) is 14.4. The summed E-state index contributed by atoms with van der Waals surface area (Å²) >= 11 is 0. The Morgan fingerprint density at radius 1 is 1.25 bits per heavy atom. The summed E-state index contributed by atoms with van der Waals surface area (Å²) in [5.41, 5.74) is 1.03. The number of benzene rings is 1. The van der Waals surface area contributed by atoms with Gasteiger partial charge >= 0.3 is 0 Å². The topological polar surface area (TPSA) is 62.5 Å². The van der Waals surface area contributed by atoms with E-state index in [4.69, 9.17) is 9.52 Å². The molecule has 0 radical (unpaired) electrons. The summed E-state index contributed by atoms with van der Waals surface area (Å²) in [4.78, 5) is 11.6. The highest BCUT2D eigenvalue weighted by Gasteiger charge is 2.09. The summed E-state index contributed by atoms with van der Waals surface area (Å²) < 4.78 is 5.72. The molecule has 4 nitrogen and oxygen atoms in total. The van der Waals surface area contributed by atoms with E-state index in [1.807, 2.05) is 42.5 Å². The normalized spacial score (nSPS) is 12.1.